The average Bonchev–Trinajstić information content (AvgIpc) is 0. The summed E-state index contributed by atoms with van der Waals surface area (Å²) in [5.41, 5.74) is 0. The summed E-state index contributed by atoms with van der Waals surface area (Å²) in [5, 5.41) is 0. The second-order valence-corrected chi connectivity index (χ2v) is 0. The molecule has 0 unspecified atom stereocenters. The molecule has 0 nitrogen and oxygen atoms in total. The maximum absolute atomic E-state index is 0. The smallest absolute Gasteiger partial charge is 1.00 e. The molecule has 0 aliphatic rings. The summed E-state index contributed by atoms with van der Waals surface area (Å²) in [7, 11) is 0. The molecule has 0 aliphatic heterocycles. The van der Waals surface area contributed by atoms with Gasteiger partial charge in [0, 0.05) is 0 Å². The zero-order chi connectivity index (χ0) is 0. The van der Waals surface area contributed by atoms with Crippen LogP contribution >= 0.6 is 48.0 Å². The zero-order valence-electron chi connectivity index (χ0n) is 6.82. The van der Waals surface area contributed by atoms with Gasteiger partial charge < -0.3 is 4.28 Å². The summed E-state index contributed by atoms with van der Waals surface area (Å²) in [4.78, 5) is 0. The Hall–Kier alpha value is 5.51. The van der Waals surface area contributed by atoms with Gasteiger partial charge in [-0.05, 0) is 0 Å². The van der Waals surface area contributed by atoms with Crippen LogP contribution in [0.3, 0.4) is 0 Å². The van der Waals surface area contributed by atoms with E-state index in [2.05, 4.69) is 0 Å². The van der Waals surface area contributed by atoms with Crippen LogP contribution in [-0.2, 0) is 0 Å². The fourth-order valence-corrected chi connectivity index (χ4v) is 0. The van der Waals surface area contributed by atoms with Gasteiger partial charge in [-0.3, -0.25) is 0 Å². The van der Waals surface area contributed by atoms with Gasteiger partial charge in [0.1, 0.15) is 0 Å². The van der Waals surface area contributed by atoms with Crippen LogP contribution in [0, 0.1) is 0 Å². The van der Waals surface area contributed by atoms with E-state index in [4.69, 9.17) is 0 Å². The van der Waals surface area contributed by atoms with Gasteiger partial charge in [-0.2, -0.15) is 0 Å². The Kier molecular flexibility index (Phi) is 142. The van der Waals surface area contributed by atoms with E-state index < -0.39 is 0 Å². The van der Waals surface area contributed by atoms with Crippen molar-refractivity contribution in [2.75, 3.05) is 0 Å². The Morgan fingerprint density at radius 3 is 0.800 bits per heavy atom. The molecule has 22 valence electrons. The van der Waals surface area contributed by atoms with Crippen molar-refractivity contribution in [3.05, 3.63) is 0 Å². The van der Waals surface area contributed by atoms with Gasteiger partial charge in [0.05, 0.1) is 0 Å². The number of hydrogen-bond acceptors (Lipinski definition) is 0. The molecule has 0 aromatic heterocycles. The molecule has 5 heavy (non-hydrogen) atoms. The van der Waals surface area contributed by atoms with Gasteiger partial charge in [0.15, 0.2) is 0 Å². The molecule has 0 bridgehead atoms. The predicted octanol–water partition coefficient (Wildman–Crippen LogP) is -7.41. The van der Waals surface area contributed by atoms with Crippen molar-refractivity contribution in [2.45, 2.75) is 0 Å². The summed E-state index contributed by atoms with van der Waals surface area (Å²) in [6.07, 6.45) is 0. The van der Waals surface area contributed by atoms with Crippen LogP contribution in [0.2, 0.25) is 0 Å². The van der Waals surface area contributed by atoms with Gasteiger partial charge in [0.2, 0.25) is 0 Å². The monoisotopic (exact) mass is 438 g/mol. The first-order chi connectivity index (χ1) is 0. The molecule has 0 radical (unpaired) electrons. The van der Waals surface area contributed by atoms with Crippen molar-refractivity contribution in [3.8, 4) is 0 Å². The van der Waals surface area contributed by atoms with Crippen molar-refractivity contribution in [1.29, 1.82) is 0 Å². The Morgan fingerprint density at radius 2 is 0.800 bits per heavy atom. The van der Waals surface area contributed by atoms with Gasteiger partial charge in [-0.1, -0.05) is 0 Å². The van der Waals surface area contributed by atoms with Gasteiger partial charge in [0.25, 0.3) is 0 Å². The van der Waals surface area contributed by atoms with Crippen molar-refractivity contribution in [1.82, 2.24) is 0 Å². The molecular formula is H5CsI2Na2. The molecule has 0 saturated carbocycles. The molecule has 0 aromatic rings. The summed E-state index contributed by atoms with van der Waals surface area (Å²) >= 11 is 0. The Balaban J connectivity index is 0. The van der Waals surface area contributed by atoms with E-state index in [-0.39, 0.29) is 180 Å². The van der Waals surface area contributed by atoms with Crippen LogP contribution in [0.1, 0.15) is 4.28 Å². The minimum absolute atomic E-state index is 0. The molecule has 0 rings (SSSR count). The second kappa shape index (κ2) is 22.7. The quantitative estimate of drug-likeness (QED) is 0.261. The molecule has 0 aromatic carbocycles. The zero-order valence-corrected chi connectivity index (χ0v) is 18.8. The van der Waals surface area contributed by atoms with Crippen molar-refractivity contribution in [2.24, 2.45) is 0 Å². The van der Waals surface area contributed by atoms with Crippen molar-refractivity contribution in [3.63, 3.8) is 0 Å². The minimum Gasteiger partial charge on any atom is -1.00 e. The molecule has 0 amide bonds. The molecule has 0 atom stereocenters. The SMILES string of the molecule is I.I.[Cs+].[H-].[H-].[H-].[Na+].[Na+]. The van der Waals surface area contributed by atoms with E-state index in [1.807, 2.05) is 0 Å². The number of halogens is 2. The van der Waals surface area contributed by atoms with Crippen LogP contribution in [0.5, 0.6) is 0 Å². The number of hydrogen-bond donors (Lipinski definition) is 0. The standard InChI is InChI=1S/Cs.2HI.2Na.3H/h;2*1H;;;;;/q+1;;;2*+1;3*-1. The van der Waals surface area contributed by atoms with Gasteiger partial charge >= 0.3 is 128 Å². The summed E-state index contributed by atoms with van der Waals surface area (Å²) in [6.45, 7) is 0. The van der Waals surface area contributed by atoms with E-state index in [1.54, 1.807) is 0 Å². The van der Waals surface area contributed by atoms with Crippen LogP contribution in [0.15, 0.2) is 0 Å². The maximum Gasteiger partial charge on any atom is 1.00 e. The Labute approximate surface area is 174 Å². The molecule has 0 aliphatic carbocycles. The van der Waals surface area contributed by atoms with Crippen molar-refractivity contribution < 1.29 is 132 Å². The normalized spacial score (nSPS) is 0. The molecule has 0 spiro atoms. The second-order valence-electron chi connectivity index (χ2n) is 0. The van der Waals surface area contributed by atoms with E-state index >= 15 is 0 Å². The van der Waals surface area contributed by atoms with E-state index in [0.29, 0.717) is 0 Å². The summed E-state index contributed by atoms with van der Waals surface area (Å²) in [6, 6.07) is 0. The molecular weight excluding hydrogens is 433 g/mol. The maximum atomic E-state index is 0. The molecule has 0 N–H and O–H groups in total. The third-order valence-electron chi connectivity index (χ3n) is 0. The van der Waals surface area contributed by atoms with E-state index in [1.165, 1.54) is 0 Å². The van der Waals surface area contributed by atoms with Crippen LogP contribution < -0.4 is 128 Å². The summed E-state index contributed by atoms with van der Waals surface area (Å²) < 4.78 is 0. The molecule has 0 fully saturated rings. The van der Waals surface area contributed by atoms with E-state index in [9.17, 15) is 0 Å². The average molecular weight is 438 g/mol. The van der Waals surface area contributed by atoms with Gasteiger partial charge in [-0.15, -0.1) is 48.0 Å². The number of rotatable bonds is 0. The van der Waals surface area contributed by atoms with Crippen molar-refractivity contribution >= 4 is 48.0 Å². The first-order valence-corrected chi connectivity index (χ1v) is 0. The Bertz CT molecular complexity index is 15.2. The molecule has 0 heterocycles. The first kappa shape index (κ1) is 31.3. The van der Waals surface area contributed by atoms with E-state index in [0.717, 1.165) is 0 Å². The minimum atomic E-state index is 0. The van der Waals surface area contributed by atoms with Crippen LogP contribution in [0.4, 0.5) is 0 Å². The van der Waals surface area contributed by atoms with Gasteiger partial charge in [-0.25, -0.2) is 0 Å². The fourth-order valence-electron chi connectivity index (χ4n) is 0. The molecule has 0 saturated heterocycles. The fraction of sp³-hybridized carbons (Fsp3) is 0. The van der Waals surface area contributed by atoms with Crippen LogP contribution in [-0.4, -0.2) is 0 Å². The Morgan fingerprint density at radius 1 is 0.800 bits per heavy atom. The third-order valence-corrected chi connectivity index (χ3v) is 0. The first-order valence-electron chi connectivity index (χ1n) is 0. The summed E-state index contributed by atoms with van der Waals surface area (Å²) in [5.74, 6) is 0. The largest absolute Gasteiger partial charge is 1.00 e. The van der Waals surface area contributed by atoms with Crippen LogP contribution in [0.25, 0.3) is 0 Å². The third kappa shape index (κ3) is 17.7. The topological polar surface area (TPSA) is 0 Å². The predicted molar refractivity (Wildman–Crippen MR) is 34.2 cm³/mol. The molecule has 5 heteroatoms.